The van der Waals surface area contributed by atoms with Gasteiger partial charge in [-0.15, -0.1) is 0 Å². The summed E-state index contributed by atoms with van der Waals surface area (Å²) in [5.74, 6) is -0.0852. The highest BCUT2D eigenvalue weighted by Crippen LogP contribution is 2.32. The van der Waals surface area contributed by atoms with Gasteiger partial charge in [-0.25, -0.2) is 4.68 Å². The van der Waals surface area contributed by atoms with Crippen LogP contribution in [0.5, 0.6) is 5.75 Å². The van der Waals surface area contributed by atoms with E-state index in [1.807, 2.05) is 54.6 Å². The van der Waals surface area contributed by atoms with Crippen LogP contribution < -0.4 is 10.1 Å². The zero-order chi connectivity index (χ0) is 17.4. The van der Waals surface area contributed by atoms with Gasteiger partial charge in [0.15, 0.2) is 0 Å². The van der Waals surface area contributed by atoms with E-state index < -0.39 is 5.91 Å². The summed E-state index contributed by atoms with van der Waals surface area (Å²) in [6, 6.07) is 17.0. The molecule has 0 spiro atoms. The Morgan fingerprint density at radius 1 is 1.08 bits per heavy atom. The Hall–Kier alpha value is -3.41. The lowest BCUT2D eigenvalue weighted by atomic mass is 10.0. The monoisotopic (exact) mass is 333 g/mol. The molecule has 6 nitrogen and oxygen atoms in total. The molecule has 0 unspecified atom stereocenters. The van der Waals surface area contributed by atoms with E-state index in [4.69, 9.17) is 4.74 Å². The average molecular weight is 333 g/mol. The molecule has 0 saturated carbocycles. The molecule has 0 bridgehead atoms. The molecule has 25 heavy (non-hydrogen) atoms. The topological polar surface area (TPSA) is 73.2 Å². The van der Waals surface area contributed by atoms with E-state index in [1.165, 1.54) is 0 Å². The van der Waals surface area contributed by atoms with Crippen LogP contribution in [0.2, 0.25) is 0 Å². The van der Waals surface area contributed by atoms with Gasteiger partial charge >= 0.3 is 0 Å². The maximum absolute atomic E-state index is 12.5. The van der Waals surface area contributed by atoms with Crippen molar-refractivity contribution in [3.05, 3.63) is 65.9 Å². The molecule has 2 amide bonds. The summed E-state index contributed by atoms with van der Waals surface area (Å²) in [4.78, 5) is 24.2. The number of para-hydroxylation sites is 1. The summed E-state index contributed by atoms with van der Waals surface area (Å²) in [6.07, 6.45) is 0.0812. The average Bonchev–Trinajstić information content (AvgIpc) is 3.02. The lowest BCUT2D eigenvalue weighted by Crippen LogP contribution is -2.37. The van der Waals surface area contributed by atoms with Gasteiger partial charge in [0.1, 0.15) is 5.75 Å². The number of methoxy groups -OCH3 is 1. The van der Waals surface area contributed by atoms with Gasteiger partial charge in [-0.1, -0.05) is 30.3 Å². The highest BCUT2D eigenvalue weighted by Gasteiger charge is 2.31. The molecule has 0 aliphatic carbocycles. The van der Waals surface area contributed by atoms with Crippen LogP contribution >= 0.6 is 0 Å². The van der Waals surface area contributed by atoms with E-state index in [2.05, 4.69) is 10.4 Å². The fourth-order valence-corrected chi connectivity index (χ4v) is 3.00. The SMILES string of the molecule is COc1cccc(-c2c3c(nn2-c2ccccc2)CC(=O)NC3=O)c1. The van der Waals surface area contributed by atoms with Crippen LogP contribution in [0.15, 0.2) is 54.6 Å². The van der Waals surface area contributed by atoms with E-state index in [0.29, 0.717) is 22.7 Å². The van der Waals surface area contributed by atoms with Gasteiger partial charge in [-0.2, -0.15) is 5.10 Å². The van der Waals surface area contributed by atoms with Gasteiger partial charge in [-0.3, -0.25) is 14.9 Å². The van der Waals surface area contributed by atoms with E-state index >= 15 is 0 Å². The van der Waals surface area contributed by atoms with E-state index in [1.54, 1.807) is 11.8 Å². The van der Waals surface area contributed by atoms with Gasteiger partial charge in [-0.05, 0) is 24.3 Å². The summed E-state index contributed by atoms with van der Waals surface area (Å²) in [5.41, 5.74) is 3.16. The number of carbonyl (C=O) groups is 2. The van der Waals surface area contributed by atoms with Gasteiger partial charge in [0.05, 0.1) is 36.2 Å². The summed E-state index contributed by atoms with van der Waals surface area (Å²) >= 11 is 0. The lowest BCUT2D eigenvalue weighted by molar-refractivity contribution is -0.119. The number of fused-ring (bicyclic) bond motifs is 1. The lowest BCUT2D eigenvalue weighted by Gasteiger charge is -2.13. The minimum absolute atomic E-state index is 0.0812. The molecule has 124 valence electrons. The third kappa shape index (κ3) is 2.57. The number of benzene rings is 2. The van der Waals surface area contributed by atoms with Crippen molar-refractivity contribution >= 4 is 11.8 Å². The number of nitrogens with zero attached hydrogens (tertiary/aromatic N) is 2. The van der Waals surface area contributed by atoms with Gasteiger partial charge < -0.3 is 4.74 Å². The predicted octanol–water partition coefficient (Wildman–Crippen LogP) is 2.36. The zero-order valence-electron chi connectivity index (χ0n) is 13.5. The highest BCUT2D eigenvalue weighted by atomic mass is 16.5. The second-order valence-corrected chi connectivity index (χ2v) is 5.70. The number of ether oxygens (including phenoxy) is 1. The molecule has 2 heterocycles. The maximum atomic E-state index is 12.5. The van der Waals surface area contributed by atoms with Crippen LogP contribution in [0.1, 0.15) is 16.1 Å². The number of aromatic nitrogens is 2. The Bertz CT molecular complexity index is 977. The van der Waals surface area contributed by atoms with Gasteiger partial charge in [0.25, 0.3) is 5.91 Å². The van der Waals surface area contributed by atoms with Crippen LogP contribution in [-0.2, 0) is 11.2 Å². The smallest absolute Gasteiger partial charge is 0.262 e. The van der Waals surface area contributed by atoms with Crippen molar-refractivity contribution < 1.29 is 14.3 Å². The molecule has 1 N–H and O–H groups in total. The molecule has 1 aliphatic heterocycles. The van der Waals surface area contributed by atoms with Crippen LogP contribution in [-0.4, -0.2) is 28.7 Å². The molecule has 1 aliphatic rings. The second-order valence-electron chi connectivity index (χ2n) is 5.70. The van der Waals surface area contributed by atoms with Crippen LogP contribution in [0, 0.1) is 0 Å². The molecule has 4 rings (SSSR count). The highest BCUT2D eigenvalue weighted by molar-refractivity contribution is 6.12. The van der Waals surface area contributed by atoms with Gasteiger partial charge in [0.2, 0.25) is 5.91 Å². The fourth-order valence-electron chi connectivity index (χ4n) is 3.00. The summed E-state index contributed by atoms with van der Waals surface area (Å²) in [7, 11) is 1.59. The number of amides is 2. The molecule has 1 aromatic heterocycles. The van der Waals surface area contributed by atoms with Crippen molar-refractivity contribution in [1.29, 1.82) is 0 Å². The summed E-state index contributed by atoms with van der Waals surface area (Å²) in [5, 5.41) is 6.92. The molecular weight excluding hydrogens is 318 g/mol. The minimum Gasteiger partial charge on any atom is -0.497 e. The Kier molecular flexibility index (Phi) is 3.57. The van der Waals surface area contributed by atoms with Crippen molar-refractivity contribution in [2.45, 2.75) is 6.42 Å². The molecule has 0 fully saturated rings. The number of hydrogen-bond acceptors (Lipinski definition) is 4. The van der Waals surface area contributed by atoms with Crippen LogP contribution in [0.25, 0.3) is 16.9 Å². The number of carbonyl (C=O) groups excluding carboxylic acids is 2. The quantitative estimate of drug-likeness (QED) is 0.747. The zero-order valence-corrected chi connectivity index (χ0v) is 13.5. The summed E-state index contributed by atoms with van der Waals surface area (Å²) in [6.45, 7) is 0. The van der Waals surface area contributed by atoms with Crippen molar-refractivity contribution in [3.63, 3.8) is 0 Å². The first-order valence-electron chi connectivity index (χ1n) is 7.83. The normalized spacial score (nSPS) is 13.3. The van der Waals surface area contributed by atoms with Crippen LogP contribution in [0.4, 0.5) is 0 Å². The minimum atomic E-state index is -0.425. The van der Waals surface area contributed by atoms with E-state index in [-0.39, 0.29) is 12.3 Å². The number of rotatable bonds is 3. The molecule has 6 heteroatoms. The van der Waals surface area contributed by atoms with Gasteiger partial charge in [0, 0.05) is 5.56 Å². The Balaban J connectivity index is 2.00. The van der Waals surface area contributed by atoms with Crippen molar-refractivity contribution in [2.24, 2.45) is 0 Å². The second kappa shape index (κ2) is 5.90. The molecule has 3 aromatic rings. The third-order valence-corrected chi connectivity index (χ3v) is 4.11. The molecule has 0 saturated heterocycles. The molecule has 0 atom stereocenters. The van der Waals surface area contributed by atoms with Crippen LogP contribution in [0.3, 0.4) is 0 Å². The number of nitrogens with one attached hydrogen (secondary N) is 1. The van der Waals surface area contributed by atoms with Crippen molar-refractivity contribution in [2.75, 3.05) is 7.11 Å². The molecule has 2 aromatic carbocycles. The Morgan fingerprint density at radius 3 is 2.64 bits per heavy atom. The Labute approximate surface area is 144 Å². The summed E-state index contributed by atoms with van der Waals surface area (Å²) < 4.78 is 7.01. The van der Waals surface area contributed by atoms with E-state index in [0.717, 1.165) is 11.3 Å². The number of imide groups is 1. The predicted molar refractivity (Wildman–Crippen MR) is 91.7 cm³/mol. The third-order valence-electron chi connectivity index (χ3n) is 4.11. The maximum Gasteiger partial charge on any atom is 0.262 e. The number of hydrogen-bond donors (Lipinski definition) is 1. The van der Waals surface area contributed by atoms with Crippen molar-refractivity contribution in [1.82, 2.24) is 15.1 Å². The first-order valence-corrected chi connectivity index (χ1v) is 7.83. The molecular formula is C19H15N3O3. The first-order chi connectivity index (χ1) is 12.2. The molecule has 0 radical (unpaired) electrons. The Morgan fingerprint density at radius 2 is 1.88 bits per heavy atom. The first kappa shape index (κ1) is 15.1. The fraction of sp³-hybridized carbons (Fsp3) is 0.105. The van der Waals surface area contributed by atoms with Crippen molar-refractivity contribution in [3.8, 4) is 22.7 Å². The largest absolute Gasteiger partial charge is 0.497 e. The standard InChI is InChI=1S/C19H15N3O3/c1-25-14-9-5-6-12(10-14)18-17-15(11-16(23)20-19(17)24)21-22(18)13-7-3-2-4-8-13/h2-10H,11H2,1H3,(H,20,23,24). The van der Waals surface area contributed by atoms with E-state index in [9.17, 15) is 9.59 Å².